The van der Waals surface area contributed by atoms with E-state index in [1.54, 1.807) is 13.0 Å². The molecular weight excluding hydrogens is 323 g/mol. The quantitative estimate of drug-likeness (QED) is 0.806. The predicted octanol–water partition coefficient (Wildman–Crippen LogP) is 2.43. The summed E-state index contributed by atoms with van der Waals surface area (Å²) in [5.41, 5.74) is 1.14. The second kappa shape index (κ2) is 4.68. The van der Waals surface area contributed by atoms with Gasteiger partial charge in [0.05, 0.1) is 5.69 Å². The van der Waals surface area contributed by atoms with E-state index in [1.807, 2.05) is 0 Å². The van der Waals surface area contributed by atoms with Gasteiger partial charge in [-0.15, -0.1) is 0 Å². The van der Waals surface area contributed by atoms with Gasteiger partial charge in [0.25, 0.3) is 9.05 Å². The first-order chi connectivity index (χ1) is 9.38. The third kappa shape index (κ3) is 2.41. The van der Waals surface area contributed by atoms with Gasteiger partial charge in [-0.05, 0) is 19.8 Å². The van der Waals surface area contributed by atoms with Crippen molar-refractivity contribution in [2.45, 2.75) is 30.6 Å². The molecule has 1 saturated carbocycles. The van der Waals surface area contributed by atoms with Gasteiger partial charge in [-0.2, -0.15) is 5.10 Å². The van der Waals surface area contributed by atoms with E-state index in [0.717, 1.165) is 18.5 Å². The third-order valence-electron chi connectivity index (χ3n) is 3.03. The Bertz CT molecular complexity index is 784. The smallest absolute Gasteiger partial charge is 0.242 e. The minimum atomic E-state index is -3.95. The van der Waals surface area contributed by atoms with Crippen molar-refractivity contribution in [2.75, 3.05) is 0 Å². The van der Waals surface area contributed by atoms with Gasteiger partial charge in [-0.25, -0.2) is 23.1 Å². The van der Waals surface area contributed by atoms with Crippen molar-refractivity contribution in [3.8, 4) is 5.82 Å². The van der Waals surface area contributed by atoms with Crippen LogP contribution in [0.15, 0.2) is 17.3 Å². The van der Waals surface area contributed by atoms with Crippen molar-refractivity contribution in [3.63, 3.8) is 0 Å². The Morgan fingerprint density at radius 3 is 2.60 bits per heavy atom. The molecule has 0 bridgehead atoms. The molecule has 2 heterocycles. The molecule has 0 spiro atoms. The average Bonchev–Trinajstić information content (AvgIpc) is 3.11. The van der Waals surface area contributed by atoms with E-state index < -0.39 is 9.05 Å². The largest absolute Gasteiger partial charge is 0.266 e. The molecule has 6 nitrogen and oxygen atoms in total. The molecule has 0 N–H and O–H groups in total. The Labute approximate surface area is 125 Å². The normalized spacial score (nSPS) is 15.6. The highest BCUT2D eigenvalue weighted by molar-refractivity contribution is 8.13. The lowest BCUT2D eigenvalue weighted by Gasteiger charge is -2.02. The van der Waals surface area contributed by atoms with Crippen LogP contribution in [0.5, 0.6) is 0 Å². The zero-order chi connectivity index (χ0) is 14.5. The molecule has 0 amide bonds. The summed E-state index contributed by atoms with van der Waals surface area (Å²) in [5.74, 6) is 0.510. The zero-order valence-electron chi connectivity index (χ0n) is 10.4. The minimum Gasteiger partial charge on any atom is -0.242 e. The molecule has 0 unspecified atom stereocenters. The highest BCUT2D eigenvalue weighted by Gasteiger charge is 2.36. The highest BCUT2D eigenvalue weighted by atomic mass is 35.7. The second-order valence-electron chi connectivity index (χ2n) is 4.65. The molecule has 0 atom stereocenters. The summed E-state index contributed by atoms with van der Waals surface area (Å²) in [7, 11) is 1.52. The van der Waals surface area contributed by atoms with Gasteiger partial charge in [-0.3, -0.25) is 0 Å². The van der Waals surface area contributed by atoms with E-state index in [2.05, 4.69) is 15.1 Å². The Kier molecular flexibility index (Phi) is 3.23. The molecule has 106 valence electrons. The fourth-order valence-corrected chi connectivity index (χ4v) is 3.80. The highest BCUT2D eigenvalue weighted by Crippen LogP contribution is 2.45. The van der Waals surface area contributed by atoms with Gasteiger partial charge < -0.3 is 0 Å². The van der Waals surface area contributed by atoms with Crippen molar-refractivity contribution in [1.82, 2.24) is 19.7 Å². The standard InChI is InChI=1S/C11H10Cl2N4O2S/c1-6-4-8(15-5-14-6)17-11(12)10(20(13,18)19)9(16-17)7-2-3-7/h4-5,7H,2-3H2,1H3. The SMILES string of the molecule is Cc1cc(-n2nc(C3CC3)c(S(=O)(=O)Cl)c2Cl)ncn1. The number of rotatable bonds is 3. The molecule has 0 aromatic carbocycles. The summed E-state index contributed by atoms with van der Waals surface area (Å²) >= 11 is 6.15. The van der Waals surface area contributed by atoms with Crippen LogP contribution in [0.4, 0.5) is 0 Å². The van der Waals surface area contributed by atoms with Crippen LogP contribution in [0.25, 0.3) is 5.82 Å². The fraction of sp³-hybridized carbons (Fsp3) is 0.364. The predicted molar refractivity (Wildman–Crippen MR) is 73.9 cm³/mol. The zero-order valence-corrected chi connectivity index (χ0v) is 12.7. The minimum absolute atomic E-state index is 0.0417. The maximum Gasteiger partial charge on any atom is 0.266 e. The molecule has 0 aliphatic heterocycles. The van der Waals surface area contributed by atoms with Crippen LogP contribution in [0, 0.1) is 6.92 Å². The molecule has 3 rings (SSSR count). The molecule has 9 heteroatoms. The van der Waals surface area contributed by atoms with E-state index in [1.165, 1.54) is 11.0 Å². The molecule has 2 aromatic heterocycles. The van der Waals surface area contributed by atoms with Gasteiger partial charge >= 0.3 is 0 Å². The van der Waals surface area contributed by atoms with Crippen molar-refractivity contribution in [2.24, 2.45) is 0 Å². The van der Waals surface area contributed by atoms with Gasteiger partial charge in [0.2, 0.25) is 0 Å². The topological polar surface area (TPSA) is 77.7 Å². The van der Waals surface area contributed by atoms with Gasteiger partial charge in [0.15, 0.2) is 11.0 Å². The summed E-state index contributed by atoms with van der Waals surface area (Å²) in [6.07, 6.45) is 3.14. The number of aryl methyl sites for hydroxylation is 1. The van der Waals surface area contributed by atoms with E-state index in [9.17, 15) is 8.42 Å². The number of halogens is 2. The summed E-state index contributed by atoms with van der Waals surface area (Å²) in [4.78, 5) is 7.92. The van der Waals surface area contributed by atoms with E-state index >= 15 is 0 Å². The van der Waals surface area contributed by atoms with Crippen molar-refractivity contribution >= 4 is 31.3 Å². The van der Waals surface area contributed by atoms with Crippen LogP contribution in [-0.4, -0.2) is 28.2 Å². The average molecular weight is 333 g/mol. The van der Waals surface area contributed by atoms with E-state index in [4.69, 9.17) is 22.3 Å². The Hall–Kier alpha value is -1.18. The summed E-state index contributed by atoms with van der Waals surface area (Å²) in [6.45, 7) is 1.80. The van der Waals surface area contributed by atoms with Crippen LogP contribution < -0.4 is 0 Å². The van der Waals surface area contributed by atoms with Crippen LogP contribution in [-0.2, 0) is 9.05 Å². The van der Waals surface area contributed by atoms with Crippen LogP contribution >= 0.6 is 22.3 Å². The first-order valence-electron chi connectivity index (χ1n) is 5.90. The lowest BCUT2D eigenvalue weighted by molar-refractivity contribution is 0.608. The lowest BCUT2D eigenvalue weighted by atomic mass is 10.3. The third-order valence-corrected chi connectivity index (χ3v) is 4.84. The summed E-state index contributed by atoms with van der Waals surface area (Å²) in [5, 5.41) is 4.24. The molecule has 1 aliphatic carbocycles. The number of hydrogen-bond acceptors (Lipinski definition) is 5. The first-order valence-corrected chi connectivity index (χ1v) is 8.59. The Balaban J connectivity index is 2.23. The second-order valence-corrected chi connectivity index (χ2v) is 7.51. The molecule has 1 aliphatic rings. The Morgan fingerprint density at radius 2 is 2.05 bits per heavy atom. The van der Waals surface area contributed by atoms with Crippen LogP contribution in [0.3, 0.4) is 0 Å². The molecule has 20 heavy (non-hydrogen) atoms. The van der Waals surface area contributed by atoms with Gasteiger partial charge in [-0.1, -0.05) is 11.6 Å². The maximum atomic E-state index is 11.7. The molecule has 2 aromatic rings. The van der Waals surface area contributed by atoms with Gasteiger partial charge in [0.1, 0.15) is 11.2 Å². The van der Waals surface area contributed by atoms with Crippen molar-refractivity contribution in [3.05, 3.63) is 28.9 Å². The lowest BCUT2D eigenvalue weighted by Crippen LogP contribution is -2.01. The molecular formula is C11H10Cl2N4O2S. The monoisotopic (exact) mass is 332 g/mol. The van der Waals surface area contributed by atoms with Crippen molar-refractivity contribution < 1.29 is 8.42 Å². The molecule has 0 radical (unpaired) electrons. The van der Waals surface area contributed by atoms with Gasteiger partial charge in [0, 0.05) is 28.4 Å². The summed E-state index contributed by atoms with van der Waals surface area (Å²) in [6, 6.07) is 1.67. The first kappa shape index (κ1) is 13.8. The Morgan fingerprint density at radius 1 is 1.35 bits per heavy atom. The number of aromatic nitrogens is 4. The van der Waals surface area contributed by atoms with Crippen LogP contribution in [0.2, 0.25) is 5.15 Å². The van der Waals surface area contributed by atoms with E-state index in [0.29, 0.717) is 11.5 Å². The number of nitrogens with zero attached hydrogens (tertiary/aromatic N) is 4. The fourth-order valence-electron chi connectivity index (χ4n) is 1.96. The van der Waals surface area contributed by atoms with E-state index in [-0.39, 0.29) is 16.0 Å². The maximum absolute atomic E-state index is 11.7. The summed E-state index contributed by atoms with van der Waals surface area (Å²) < 4.78 is 24.7. The molecule has 0 saturated heterocycles. The van der Waals surface area contributed by atoms with Crippen molar-refractivity contribution in [1.29, 1.82) is 0 Å². The number of hydrogen-bond donors (Lipinski definition) is 0. The molecule has 1 fully saturated rings. The van der Waals surface area contributed by atoms with Crippen LogP contribution in [0.1, 0.15) is 30.1 Å².